The highest BCUT2D eigenvalue weighted by Gasteiger charge is 2.00. The van der Waals surface area contributed by atoms with Gasteiger partial charge in [0.15, 0.2) is 0 Å². The van der Waals surface area contributed by atoms with Crippen molar-refractivity contribution in [3.63, 3.8) is 0 Å². The van der Waals surface area contributed by atoms with Crippen molar-refractivity contribution in [1.29, 1.82) is 0 Å². The van der Waals surface area contributed by atoms with Gasteiger partial charge in [0.2, 0.25) is 0 Å². The Hall–Kier alpha value is -1.16. The predicted molar refractivity (Wildman–Crippen MR) is 46.9 cm³/mol. The van der Waals surface area contributed by atoms with Gasteiger partial charge in [-0.15, -0.1) is 0 Å². The molecule has 0 aliphatic rings. The molecule has 0 radical (unpaired) electrons. The molecule has 1 atom stereocenters. The molecule has 3 N–H and O–H groups in total. The van der Waals surface area contributed by atoms with E-state index in [1.165, 1.54) is 6.07 Å². The summed E-state index contributed by atoms with van der Waals surface area (Å²) in [6.45, 7) is 3.67. The van der Waals surface area contributed by atoms with Crippen molar-refractivity contribution in [3.8, 4) is 0 Å². The minimum absolute atomic E-state index is 0.0231. The van der Waals surface area contributed by atoms with Crippen molar-refractivity contribution in [1.82, 2.24) is 9.97 Å². The largest absolute Gasteiger partial charge is 0.328 e. The Balaban J connectivity index is 2.93. The van der Waals surface area contributed by atoms with Crippen LogP contribution in [0, 0.1) is 6.92 Å². The summed E-state index contributed by atoms with van der Waals surface area (Å²) in [5.41, 5.74) is 6.18. The molecule has 1 aromatic heterocycles. The molecule has 12 heavy (non-hydrogen) atoms. The number of hydrogen-bond donors (Lipinski definition) is 2. The molecule has 1 unspecified atom stereocenters. The zero-order chi connectivity index (χ0) is 9.14. The van der Waals surface area contributed by atoms with Gasteiger partial charge in [-0.2, -0.15) is 0 Å². The van der Waals surface area contributed by atoms with Crippen LogP contribution in [0.25, 0.3) is 0 Å². The molecule has 0 aliphatic heterocycles. The van der Waals surface area contributed by atoms with E-state index < -0.39 is 0 Å². The standard InChI is InChI=1S/C8H13N3O/c1-5(9)3-7-10-6(2)4-8(12)11-7/h4-5H,3,9H2,1-2H3,(H,10,11,12). The van der Waals surface area contributed by atoms with E-state index in [4.69, 9.17) is 5.73 Å². The third-order valence-electron chi connectivity index (χ3n) is 1.43. The van der Waals surface area contributed by atoms with E-state index in [2.05, 4.69) is 9.97 Å². The van der Waals surface area contributed by atoms with Crippen LogP contribution in [0.15, 0.2) is 10.9 Å². The summed E-state index contributed by atoms with van der Waals surface area (Å²) < 4.78 is 0. The number of nitrogens with one attached hydrogen (secondary N) is 1. The summed E-state index contributed by atoms with van der Waals surface area (Å²) >= 11 is 0. The van der Waals surface area contributed by atoms with Crippen molar-refractivity contribution < 1.29 is 0 Å². The smallest absolute Gasteiger partial charge is 0.251 e. The second-order valence-electron chi connectivity index (χ2n) is 3.01. The van der Waals surface area contributed by atoms with Crippen LogP contribution in [-0.4, -0.2) is 16.0 Å². The van der Waals surface area contributed by atoms with Gasteiger partial charge in [-0.3, -0.25) is 4.79 Å². The second-order valence-corrected chi connectivity index (χ2v) is 3.01. The molecule has 4 nitrogen and oxygen atoms in total. The van der Waals surface area contributed by atoms with Gasteiger partial charge in [0, 0.05) is 24.2 Å². The van der Waals surface area contributed by atoms with Crippen LogP contribution in [0.1, 0.15) is 18.4 Å². The van der Waals surface area contributed by atoms with E-state index in [0.29, 0.717) is 12.2 Å². The molecule has 4 heteroatoms. The SMILES string of the molecule is Cc1cc(=O)[nH]c(CC(C)N)n1. The van der Waals surface area contributed by atoms with Crippen LogP contribution in [0.4, 0.5) is 0 Å². The summed E-state index contributed by atoms with van der Waals surface area (Å²) in [5, 5.41) is 0. The third kappa shape index (κ3) is 2.47. The third-order valence-corrected chi connectivity index (χ3v) is 1.43. The van der Waals surface area contributed by atoms with Crippen molar-refractivity contribution in [2.75, 3.05) is 0 Å². The van der Waals surface area contributed by atoms with E-state index in [1.54, 1.807) is 6.92 Å². The molecule has 66 valence electrons. The Morgan fingerprint density at radius 3 is 2.92 bits per heavy atom. The Morgan fingerprint density at radius 2 is 2.42 bits per heavy atom. The summed E-state index contributed by atoms with van der Waals surface area (Å²) in [6, 6.07) is 1.49. The summed E-state index contributed by atoms with van der Waals surface area (Å²) in [6.07, 6.45) is 0.608. The lowest BCUT2D eigenvalue weighted by molar-refractivity contribution is 0.695. The molecule has 0 spiro atoms. The van der Waals surface area contributed by atoms with Crippen LogP contribution in [-0.2, 0) is 6.42 Å². The molecule has 1 rings (SSSR count). The Morgan fingerprint density at radius 1 is 1.75 bits per heavy atom. The average molecular weight is 167 g/mol. The lowest BCUT2D eigenvalue weighted by Gasteiger charge is -2.03. The molecule has 0 fully saturated rings. The summed E-state index contributed by atoms with van der Waals surface area (Å²) in [4.78, 5) is 17.7. The summed E-state index contributed by atoms with van der Waals surface area (Å²) in [7, 11) is 0. The minimum atomic E-state index is -0.113. The van der Waals surface area contributed by atoms with Crippen LogP contribution >= 0.6 is 0 Å². The fourth-order valence-corrected chi connectivity index (χ4v) is 1.04. The molecule has 0 saturated heterocycles. The van der Waals surface area contributed by atoms with Crippen LogP contribution in [0.2, 0.25) is 0 Å². The van der Waals surface area contributed by atoms with Crippen molar-refractivity contribution in [2.24, 2.45) is 5.73 Å². The van der Waals surface area contributed by atoms with E-state index in [1.807, 2.05) is 6.92 Å². The maximum atomic E-state index is 11.0. The van der Waals surface area contributed by atoms with Gasteiger partial charge in [-0.25, -0.2) is 4.98 Å². The average Bonchev–Trinajstić information content (AvgIpc) is 1.81. The second kappa shape index (κ2) is 3.49. The van der Waals surface area contributed by atoms with E-state index in [0.717, 1.165) is 5.69 Å². The maximum absolute atomic E-state index is 11.0. The number of H-pyrrole nitrogens is 1. The predicted octanol–water partition coefficient (Wildman–Crippen LogP) is -0.0320. The number of aryl methyl sites for hydroxylation is 1. The van der Waals surface area contributed by atoms with Crippen LogP contribution in [0.5, 0.6) is 0 Å². The van der Waals surface area contributed by atoms with Gasteiger partial charge in [0.1, 0.15) is 5.82 Å². The highest BCUT2D eigenvalue weighted by molar-refractivity contribution is 5.00. The number of hydrogen-bond acceptors (Lipinski definition) is 3. The Labute approximate surface area is 70.8 Å². The van der Waals surface area contributed by atoms with Crippen LogP contribution < -0.4 is 11.3 Å². The minimum Gasteiger partial charge on any atom is -0.328 e. The van der Waals surface area contributed by atoms with E-state index >= 15 is 0 Å². The molecule has 0 aromatic carbocycles. The molecule has 0 saturated carbocycles. The van der Waals surface area contributed by atoms with Gasteiger partial charge in [-0.05, 0) is 13.8 Å². The molecular formula is C8H13N3O. The lowest BCUT2D eigenvalue weighted by Crippen LogP contribution is -2.22. The maximum Gasteiger partial charge on any atom is 0.251 e. The Bertz CT molecular complexity index is 316. The highest BCUT2D eigenvalue weighted by atomic mass is 16.1. The first-order chi connectivity index (χ1) is 5.58. The van der Waals surface area contributed by atoms with Gasteiger partial charge in [0.05, 0.1) is 0 Å². The fourth-order valence-electron chi connectivity index (χ4n) is 1.04. The molecule has 0 amide bonds. The molecule has 1 aromatic rings. The zero-order valence-electron chi connectivity index (χ0n) is 7.29. The van der Waals surface area contributed by atoms with Gasteiger partial charge in [0.25, 0.3) is 5.56 Å². The number of nitrogens with zero attached hydrogens (tertiary/aromatic N) is 1. The topological polar surface area (TPSA) is 71.8 Å². The van der Waals surface area contributed by atoms with Crippen molar-refractivity contribution in [2.45, 2.75) is 26.3 Å². The molecular weight excluding hydrogens is 154 g/mol. The van der Waals surface area contributed by atoms with Crippen molar-refractivity contribution >= 4 is 0 Å². The molecule has 1 heterocycles. The fraction of sp³-hybridized carbons (Fsp3) is 0.500. The van der Waals surface area contributed by atoms with E-state index in [-0.39, 0.29) is 11.6 Å². The van der Waals surface area contributed by atoms with Gasteiger partial charge < -0.3 is 10.7 Å². The van der Waals surface area contributed by atoms with E-state index in [9.17, 15) is 4.79 Å². The lowest BCUT2D eigenvalue weighted by atomic mass is 10.2. The normalized spacial score (nSPS) is 12.9. The number of aromatic nitrogens is 2. The highest BCUT2D eigenvalue weighted by Crippen LogP contribution is 1.93. The summed E-state index contributed by atoms with van der Waals surface area (Å²) in [5.74, 6) is 0.662. The number of aromatic amines is 1. The Kier molecular flexibility index (Phi) is 2.60. The van der Waals surface area contributed by atoms with Gasteiger partial charge >= 0.3 is 0 Å². The molecule has 0 aliphatic carbocycles. The van der Waals surface area contributed by atoms with Gasteiger partial charge in [-0.1, -0.05) is 0 Å². The zero-order valence-corrected chi connectivity index (χ0v) is 7.29. The number of nitrogens with two attached hydrogens (primary N) is 1. The van der Waals surface area contributed by atoms with Crippen molar-refractivity contribution in [3.05, 3.63) is 27.9 Å². The number of rotatable bonds is 2. The monoisotopic (exact) mass is 167 g/mol. The van der Waals surface area contributed by atoms with Crippen LogP contribution in [0.3, 0.4) is 0 Å². The first-order valence-electron chi connectivity index (χ1n) is 3.90. The molecule has 0 bridgehead atoms. The quantitative estimate of drug-likeness (QED) is 0.649. The first-order valence-corrected chi connectivity index (χ1v) is 3.90. The first kappa shape index (κ1) is 8.93.